The summed E-state index contributed by atoms with van der Waals surface area (Å²) >= 11 is 0. The second kappa shape index (κ2) is 5.45. The number of hydrogen-bond acceptors (Lipinski definition) is 4. The van der Waals surface area contributed by atoms with Gasteiger partial charge in [0, 0.05) is 30.9 Å². The minimum absolute atomic E-state index is 0.216. The molecule has 4 heteroatoms. The van der Waals surface area contributed by atoms with Crippen molar-refractivity contribution >= 4 is 16.5 Å². The van der Waals surface area contributed by atoms with E-state index in [1.54, 1.807) is 6.20 Å². The maximum absolute atomic E-state index is 5.82. The zero-order chi connectivity index (χ0) is 13.1. The van der Waals surface area contributed by atoms with E-state index in [1.807, 2.05) is 25.2 Å². The van der Waals surface area contributed by atoms with Crippen molar-refractivity contribution in [3.05, 3.63) is 30.5 Å². The molecule has 0 spiro atoms. The van der Waals surface area contributed by atoms with Crippen LogP contribution in [0.2, 0.25) is 0 Å². The first-order valence-corrected chi connectivity index (χ1v) is 6.68. The number of hydrogen-bond donors (Lipinski definition) is 1. The maximum Gasteiger partial charge on any atom is 0.221 e. The van der Waals surface area contributed by atoms with Crippen molar-refractivity contribution in [1.82, 2.24) is 4.98 Å². The van der Waals surface area contributed by atoms with Crippen molar-refractivity contribution in [1.29, 1.82) is 0 Å². The monoisotopic (exact) mass is 258 g/mol. The molecule has 19 heavy (non-hydrogen) atoms. The number of ether oxygens (including phenoxy) is 2. The Balaban J connectivity index is 1.82. The van der Waals surface area contributed by atoms with Crippen LogP contribution < -0.4 is 10.1 Å². The van der Waals surface area contributed by atoms with Gasteiger partial charge in [-0.05, 0) is 42.5 Å². The second-order valence-electron chi connectivity index (χ2n) is 4.75. The Labute approximate surface area is 112 Å². The number of pyridine rings is 1. The number of nitrogens with zero attached hydrogens (tertiary/aromatic N) is 1. The highest BCUT2D eigenvalue weighted by Gasteiger charge is 2.16. The Kier molecular flexibility index (Phi) is 3.51. The molecule has 1 aromatic carbocycles. The zero-order valence-electron chi connectivity index (χ0n) is 11.1. The van der Waals surface area contributed by atoms with Crippen molar-refractivity contribution in [3.63, 3.8) is 0 Å². The summed E-state index contributed by atoms with van der Waals surface area (Å²) in [5, 5.41) is 5.30. The summed E-state index contributed by atoms with van der Waals surface area (Å²) in [5.41, 5.74) is 1.09. The van der Waals surface area contributed by atoms with Crippen LogP contribution in [0.25, 0.3) is 10.8 Å². The second-order valence-corrected chi connectivity index (χ2v) is 4.75. The summed E-state index contributed by atoms with van der Waals surface area (Å²) in [6, 6.07) is 8.16. The maximum atomic E-state index is 5.82. The zero-order valence-corrected chi connectivity index (χ0v) is 11.1. The largest absolute Gasteiger partial charge is 0.474 e. The number of nitrogens with one attached hydrogen (secondary N) is 1. The molecule has 1 aliphatic rings. The van der Waals surface area contributed by atoms with Gasteiger partial charge < -0.3 is 14.8 Å². The van der Waals surface area contributed by atoms with Crippen molar-refractivity contribution in [2.75, 3.05) is 25.6 Å². The first-order chi connectivity index (χ1) is 9.36. The lowest BCUT2D eigenvalue weighted by molar-refractivity contribution is 0.0669. The fourth-order valence-electron chi connectivity index (χ4n) is 2.37. The quantitative estimate of drug-likeness (QED) is 0.915. The molecule has 1 saturated heterocycles. The van der Waals surface area contributed by atoms with E-state index in [0.717, 1.165) is 35.9 Å². The lowest BCUT2D eigenvalue weighted by Gasteiger charge is -2.12. The van der Waals surface area contributed by atoms with Gasteiger partial charge in [0.05, 0.1) is 6.10 Å². The summed E-state index contributed by atoms with van der Waals surface area (Å²) in [6.07, 6.45) is 4.21. The van der Waals surface area contributed by atoms with E-state index in [1.165, 1.54) is 0 Å². The third-order valence-electron chi connectivity index (χ3n) is 3.45. The molecule has 2 heterocycles. The summed E-state index contributed by atoms with van der Waals surface area (Å²) in [6.45, 7) is 1.43. The molecule has 0 radical (unpaired) electrons. The molecule has 0 bridgehead atoms. The van der Waals surface area contributed by atoms with E-state index < -0.39 is 0 Å². The summed E-state index contributed by atoms with van der Waals surface area (Å²) < 4.78 is 11.4. The predicted octanol–water partition coefficient (Wildman–Crippen LogP) is 2.83. The van der Waals surface area contributed by atoms with Gasteiger partial charge in [-0.2, -0.15) is 0 Å². The number of anilines is 1. The van der Waals surface area contributed by atoms with Gasteiger partial charge in [-0.15, -0.1) is 0 Å². The molecular formula is C15H18N2O2. The van der Waals surface area contributed by atoms with E-state index in [9.17, 15) is 0 Å². The van der Waals surface area contributed by atoms with E-state index in [-0.39, 0.29) is 6.10 Å². The first-order valence-electron chi connectivity index (χ1n) is 6.68. The van der Waals surface area contributed by atoms with Crippen molar-refractivity contribution in [2.24, 2.45) is 0 Å². The molecule has 1 N–H and O–H groups in total. The van der Waals surface area contributed by atoms with Crippen LogP contribution in [0.4, 0.5) is 5.69 Å². The van der Waals surface area contributed by atoms with Crippen molar-refractivity contribution in [2.45, 2.75) is 18.9 Å². The van der Waals surface area contributed by atoms with Crippen LogP contribution in [0.1, 0.15) is 12.8 Å². The Morgan fingerprint density at radius 1 is 1.42 bits per heavy atom. The lowest BCUT2D eigenvalue weighted by atomic mass is 10.1. The Morgan fingerprint density at radius 3 is 3.16 bits per heavy atom. The molecule has 0 amide bonds. The topological polar surface area (TPSA) is 43.4 Å². The predicted molar refractivity (Wildman–Crippen MR) is 75.8 cm³/mol. The van der Waals surface area contributed by atoms with Crippen LogP contribution in [0.3, 0.4) is 0 Å². The number of rotatable bonds is 4. The molecule has 1 aromatic heterocycles. The normalized spacial score (nSPS) is 18.7. The molecule has 1 unspecified atom stereocenters. The highest BCUT2D eigenvalue weighted by atomic mass is 16.5. The van der Waals surface area contributed by atoms with E-state index in [2.05, 4.69) is 16.4 Å². The first kappa shape index (κ1) is 12.2. The van der Waals surface area contributed by atoms with Gasteiger partial charge >= 0.3 is 0 Å². The van der Waals surface area contributed by atoms with Crippen LogP contribution in [-0.2, 0) is 4.74 Å². The van der Waals surface area contributed by atoms with E-state index in [0.29, 0.717) is 12.5 Å². The summed E-state index contributed by atoms with van der Waals surface area (Å²) in [5.74, 6) is 0.690. The minimum atomic E-state index is 0.216. The highest BCUT2D eigenvalue weighted by Crippen LogP contribution is 2.26. The van der Waals surface area contributed by atoms with Crippen LogP contribution >= 0.6 is 0 Å². The molecule has 100 valence electrons. The summed E-state index contributed by atoms with van der Waals surface area (Å²) in [7, 11) is 1.91. The molecule has 0 aliphatic carbocycles. The average Bonchev–Trinajstić information content (AvgIpc) is 2.97. The third kappa shape index (κ3) is 2.63. The van der Waals surface area contributed by atoms with Gasteiger partial charge in [0.25, 0.3) is 0 Å². The van der Waals surface area contributed by atoms with Gasteiger partial charge in [0.2, 0.25) is 5.88 Å². The van der Waals surface area contributed by atoms with Gasteiger partial charge in [-0.25, -0.2) is 4.98 Å². The molecule has 1 aliphatic heterocycles. The molecule has 3 rings (SSSR count). The third-order valence-corrected chi connectivity index (χ3v) is 3.45. The van der Waals surface area contributed by atoms with Gasteiger partial charge in [-0.1, -0.05) is 0 Å². The van der Waals surface area contributed by atoms with Gasteiger partial charge in [0.1, 0.15) is 6.61 Å². The SMILES string of the molecule is CNc1ccc2c(OCC3CCCO3)nccc2c1. The lowest BCUT2D eigenvalue weighted by Crippen LogP contribution is -2.16. The van der Waals surface area contributed by atoms with Crippen molar-refractivity contribution in [3.8, 4) is 5.88 Å². The Hall–Kier alpha value is -1.81. The van der Waals surface area contributed by atoms with E-state index in [4.69, 9.17) is 9.47 Å². The average molecular weight is 258 g/mol. The Morgan fingerprint density at radius 2 is 2.37 bits per heavy atom. The van der Waals surface area contributed by atoms with Crippen LogP contribution in [0.15, 0.2) is 30.5 Å². The molecule has 1 atom stereocenters. The van der Waals surface area contributed by atoms with Crippen LogP contribution in [0, 0.1) is 0 Å². The van der Waals surface area contributed by atoms with Crippen molar-refractivity contribution < 1.29 is 9.47 Å². The number of aromatic nitrogens is 1. The molecule has 2 aromatic rings. The molecule has 4 nitrogen and oxygen atoms in total. The molecular weight excluding hydrogens is 240 g/mol. The van der Waals surface area contributed by atoms with Gasteiger partial charge in [-0.3, -0.25) is 0 Å². The van der Waals surface area contributed by atoms with Crippen LogP contribution in [0.5, 0.6) is 5.88 Å². The fraction of sp³-hybridized carbons (Fsp3) is 0.400. The highest BCUT2D eigenvalue weighted by molar-refractivity contribution is 5.89. The molecule has 1 fully saturated rings. The summed E-state index contributed by atoms with van der Waals surface area (Å²) in [4.78, 5) is 4.33. The van der Waals surface area contributed by atoms with Gasteiger partial charge in [0.15, 0.2) is 0 Å². The number of benzene rings is 1. The smallest absolute Gasteiger partial charge is 0.221 e. The molecule has 0 saturated carbocycles. The van der Waals surface area contributed by atoms with Crippen LogP contribution in [-0.4, -0.2) is 31.3 Å². The fourth-order valence-corrected chi connectivity index (χ4v) is 2.37. The van der Waals surface area contributed by atoms with E-state index >= 15 is 0 Å². The number of fused-ring (bicyclic) bond motifs is 1. The minimum Gasteiger partial charge on any atom is -0.474 e. The Bertz CT molecular complexity index is 565. The standard InChI is InChI=1S/C15H18N2O2/c1-16-12-4-5-14-11(9-12)6-7-17-15(14)19-10-13-3-2-8-18-13/h4-7,9,13,16H,2-3,8,10H2,1H3.